The minimum Gasteiger partial charge on any atom is -0.508 e. The molecule has 0 spiro atoms. The van der Waals surface area contributed by atoms with Gasteiger partial charge < -0.3 is 14.7 Å². The Morgan fingerprint density at radius 2 is 1.89 bits per heavy atom. The van der Waals surface area contributed by atoms with Crippen LogP contribution < -0.4 is 9.64 Å². The lowest BCUT2D eigenvalue weighted by Gasteiger charge is -2.34. The summed E-state index contributed by atoms with van der Waals surface area (Å²) in [5.41, 5.74) is -0.549. The summed E-state index contributed by atoms with van der Waals surface area (Å²) in [7, 11) is 0. The molecule has 8 rings (SSSR count). The second-order valence-electron chi connectivity index (χ2n) is 13.0. The van der Waals surface area contributed by atoms with Crippen molar-refractivity contribution in [1.82, 2.24) is 19.9 Å². The van der Waals surface area contributed by atoms with Crippen LogP contribution in [0.15, 0.2) is 30.3 Å². The highest BCUT2D eigenvalue weighted by molar-refractivity contribution is 6.01. The Bertz CT molecular complexity index is 1850. The predicted molar refractivity (Wildman–Crippen MR) is 161 cm³/mol. The third-order valence-electron chi connectivity index (χ3n) is 10.2. The first-order valence-corrected chi connectivity index (χ1v) is 15.4. The molecule has 4 fully saturated rings. The number of rotatable bonds is 5. The van der Waals surface area contributed by atoms with Gasteiger partial charge in [-0.3, -0.25) is 4.90 Å². The van der Waals surface area contributed by atoms with Crippen LogP contribution in [-0.4, -0.2) is 69.5 Å². The monoisotopic (exact) mass is 599 g/mol. The van der Waals surface area contributed by atoms with Crippen LogP contribution in [0.3, 0.4) is 0 Å². The lowest BCUT2D eigenvalue weighted by molar-refractivity contribution is 0.107. The molecule has 2 unspecified atom stereocenters. The van der Waals surface area contributed by atoms with Crippen molar-refractivity contribution in [1.29, 1.82) is 0 Å². The van der Waals surface area contributed by atoms with Crippen molar-refractivity contribution in [3.05, 3.63) is 47.7 Å². The summed E-state index contributed by atoms with van der Waals surface area (Å²) in [6.45, 7) is 2.88. The van der Waals surface area contributed by atoms with Crippen LogP contribution in [0.25, 0.3) is 32.9 Å². The zero-order chi connectivity index (χ0) is 30.2. The Labute approximate surface area is 253 Å². The lowest BCUT2D eigenvalue weighted by Crippen LogP contribution is -2.43. The summed E-state index contributed by atoms with van der Waals surface area (Å²) < 4.78 is 52.7. The first-order valence-electron chi connectivity index (χ1n) is 15.4. The van der Waals surface area contributed by atoms with Gasteiger partial charge in [-0.25, -0.2) is 18.2 Å². The molecule has 44 heavy (non-hydrogen) atoms. The van der Waals surface area contributed by atoms with Gasteiger partial charge >= 0.3 is 6.01 Å². The van der Waals surface area contributed by atoms with Crippen molar-refractivity contribution >= 4 is 27.5 Å². The number of halogens is 3. The Kier molecular flexibility index (Phi) is 6.38. The average molecular weight is 600 g/mol. The third-order valence-corrected chi connectivity index (χ3v) is 10.2. The molecule has 4 aliphatic rings. The highest BCUT2D eigenvalue weighted by atomic mass is 19.1. The topological polar surface area (TPSA) is 74.6 Å². The summed E-state index contributed by atoms with van der Waals surface area (Å²) in [6, 6.07) is 7.11. The van der Waals surface area contributed by atoms with Crippen molar-refractivity contribution in [3.8, 4) is 35.4 Å². The Hall–Kier alpha value is -4.10. The van der Waals surface area contributed by atoms with Crippen molar-refractivity contribution in [2.24, 2.45) is 11.8 Å². The molecule has 5 heterocycles. The minimum absolute atomic E-state index is 0.0140. The quantitative estimate of drug-likeness (QED) is 0.282. The summed E-state index contributed by atoms with van der Waals surface area (Å²) in [5, 5.41) is 11.3. The second-order valence-corrected chi connectivity index (χ2v) is 13.0. The largest absolute Gasteiger partial charge is 0.508 e. The molecule has 226 valence electrons. The zero-order valence-electron chi connectivity index (χ0n) is 24.2. The fourth-order valence-corrected chi connectivity index (χ4v) is 8.29. The molecule has 0 radical (unpaired) electrons. The number of pyridine rings is 1. The van der Waals surface area contributed by atoms with E-state index in [0.717, 1.165) is 51.7 Å². The first kappa shape index (κ1) is 27.4. The van der Waals surface area contributed by atoms with Gasteiger partial charge in [-0.15, -0.1) is 6.42 Å². The van der Waals surface area contributed by atoms with Gasteiger partial charge in [-0.2, -0.15) is 9.97 Å². The number of alkyl halides is 1. The van der Waals surface area contributed by atoms with Crippen LogP contribution in [0.5, 0.6) is 11.8 Å². The molecule has 2 aromatic heterocycles. The molecule has 3 saturated heterocycles. The smallest absolute Gasteiger partial charge is 0.319 e. The minimum atomic E-state index is -0.919. The van der Waals surface area contributed by atoms with Crippen LogP contribution >= 0.6 is 0 Å². The maximum Gasteiger partial charge on any atom is 0.319 e. The van der Waals surface area contributed by atoms with Crippen LogP contribution in [0, 0.1) is 35.8 Å². The van der Waals surface area contributed by atoms with Crippen LogP contribution in [-0.2, 0) is 0 Å². The molecule has 0 amide bonds. The number of hydrogen-bond acceptors (Lipinski definition) is 7. The van der Waals surface area contributed by atoms with Gasteiger partial charge in [0, 0.05) is 37.0 Å². The Balaban J connectivity index is 1.31. The second kappa shape index (κ2) is 10.2. The molecule has 2 aromatic carbocycles. The fourth-order valence-electron chi connectivity index (χ4n) is 8.29. The molecule has 7 nitrogen and oxygen atoms in total. The van der Waals surface area contributed by atoms with Gasteiger partial charge in [0.05, 0.1) is 10.9 Å². The van der Waals surface area contributed by atoms with E-state index < -0.39 is 23.3 Å². The van der Waals surface area contributed by atoms with Gasteiger partial charge in [-0.05, 0) is 80.0 Å². The van der Waals surface area contributed by atoms with Crippen LogP contribution in [0.4, 0.5) is 19.0 Å². The number of phenolic OH excluding ortho intramolecular Hbond substituents is 1. The van der Waals surface area contributed by atoms with E-state index in [9.17, 15) is 9.50 Å². The van der Waals surface area contributed by atoms with Crippen LogP contribution in [0.1, 0.15) is 44.2 Å². The molecule has 3 aliphatic heterocycles. The number of fused-ring (bicyclic) bond motifs is 5. The summed E-state index contributed by atoms with van der Waals surface area (Å²) >= 11 is 0. The van der Waals surface area contributed by atoms with Crippen molar-refractivity contribution in [2.75, 3.05) is 37.7 Å². The number of nitrogens with zero attached hydrogens (tertiary/aromatic N) is 5. The van der Waals surface area contributed by atoms with Gasteiger partial charge in [0.25, 0.3) is 0 Å². The molecule has 1 aliphatic carbocycles. The first-order chi connectivity index (χ1) is 21.3. The maximum absolute atomic E-state index is 16.8. The number of aromatic nitrogens is 3. The maximum atomic E-state index is 16.8. The van der Waals surface area contributed by atoms with Gasteiger partial charge in [-0.1, -0.05) is 12.1 Å². The number of phenols is 1. The molecular formula is C34H32F3N5O2. The highest BCUT2D eigenvalue weighted by Gasteiger charge is 2.49. The number of benzene rings is 2. The summed E-state index contributed by atoms with van der Waals surface area (Å²) in [5.74, 6) is 2.51. The lowest BCUT2D eigenvalue weighted by atomic mass is 9.95. The molecule has 2 bridgehead atoms. The predicted octanol–water partition coefficient (Wildman–Crippen LogP) is 6.00. The fraction of sp³-hybridized carbons (Fsp3) is 0.441. The van der Waals surface area contributed by atoms with E-state index in [-0.39, 0.29) is 46.2 Å². The van der Waals surface area contributed by atoms with Crippen molar-refractivity contribution < 1.29 is 23.0 Å². The molecule has 4 aromatic rings. The standard InChI is InChI=1S/C34H32F3N5O2/c1-2-26-28-31(29(37)30(38-26)24-13-23(43)12-21-5-3-6-25(36)27(21)24)39-33(40-32(28)41-15-19-7-8-20(11-19)16-41)44-18-34-9-4-10-42(34)17-22(35)14-34/h1,3,5-6,12-13,19-20,22,43H,4,7-11,14-18H2/t19?,20?,22-,34+/m1/s1. The zero-order valence-corrected chi connectivity index (χ0v) is 24.2. The summed E-state index contributed by atoms with van der Waals surface area (Å²) in [6.07, 6.45) is 10.6. The number of ether oxygens (including phenoxy) is 1. The number of piperidine rings is 1. The third kappa shape index (κ3) is 4.35. The molecule has 10 heteroatoms. The number of anilines is 1. The molecule has 1 N–H and O–H groups in total. The van der Waals surface area contributed by atoms with E-state index in [2.05, 4.69) is 25.7 Å². The SMILES string of the molecule is C#Cc1nc(-c2cc(O)cc3cccc(F)c23)c(F)c2nc(OC[C@@]34CCCN3C[C@H](F)C4)nc(N3CC4CCC(C4)C3)c12. The molecule has 1 saturated carbocycles. The number of hydrogen-bond donors (Lipinski definition) is 1. The van der Waals surface area contributed by atoms with Gasteiger partial charge in [0.15, 0.2) is 5.82 Å². The number of aromatic hydroxyl groups is 1. The van der Waals surface area contributed by atoms with Gasteiger partial charge in [0.1, 0.15) is 47.1 Å². The van der Waals surface area contributed by atoms with Crippen LogP contribution in [0.2, 0.25) is 0 Å². The molecule has 4 atom stereocenters. The van der Waals surface area contributed by atoms with E-state index >= 15 is 8.78 Å². The van der Waals surface area contributed by atoms with E-state index in [0.29, 0.717) is 41.4 Å². The van der Waals surface area contributed by atoms with E-state index in [1.807, 2.05) is 0 Å². The normalized spacial score (nSPS) is 26.4. The summed E-state index contributed by atoms with van der Waals surface area (Å²) in [4.78, 5) is 18.2. The highest BCUT2D eigenvalue weighted by Crippen LogP contribution is 2.44. The Morgan fingerprint density at radius 3 is 2.68 bits per heavy atom. The average Bonchev–Trinajstić information content (AvgIpc) is 3.66. The van der Waals surface area contributed by atoms with E-state index in [1.165, 1.54) is 24.3 Å². The van der Waals surface area contributed by atoms with E-state index in [4.69, 9.17) is 16.1 Å². The van der Waals surface area contributed by atoms with Crippen molar-refractivity contribution in [3.63, 3.8) is 0 Å². The van der Waals surface area contributed by atoms with Gasteiger partial charge in [0.2, 0.25) is 0 Å². The van der Waals surface area contributed by atoms with Crippen molar-refractivity contribution in [2.45, 2.75) is 50.2 Å². The van der Waals surface area contributed by atoms with E-state index in [1.54, 1.807) is 6.07 Å². The Morgan fingerprint density at radius 1 is 1.07 bits per heavy atom. The molecular weight excluding hydrogens is 567 g/mol. The number of terminal acetylenes is 1.